The zero-order valence-electron chi connectivity index (χ0n) is 7.07. The molecule has 14 heavy (non-hydrogen) atoms. The number of aromatic hydroxyl groups is 1. The topological polar surface area (TPSA) is 54.4 Å². The minimum Gasteiger partial charge on any atom is -0.508 e. The van der Waals surface area contributed by atoms with Crippen molar-refractivity contribution in [2.75, 3.05) is 0 Å². The molecule has 0 saturated carbocycles. The van der Waals surface area contributed by atoms with Gasteiger partial charge >= 0.3 is 9.05 Å². The monoisotopic (exact) mass is 230 g/mol. The Morgan fingerprint density at radius 1 is 1.36 bits per heavy atom. The van der Waals surface area contributed by atoms with E-state index in [1.54, 1.807) is 18.2 Å². The molecule has 1 aromatic carbocycles. The maximum atomic E-state index is 10.4. The second-order valence-corrected chi connectivity index (χ2v) is 4.82. The molecule has 74 valence electrons. The Bertz CT molecular complexity index is 482. The van der Waals surface area contributed by atoms with E-state index >= 15 is 0 Å². The van der Waals surface area contributed by atoms with Gasteiger partial charge in [0.05, 0.1) is 0 Å². The molecule has 0 aliphatic heterocycles. The maximum absolute atomic E-state index is 10.4. The second-order valence-electron chi connectivity index (χ2n) is 2.52. The number of rotatable bonds is 1. The first-order valence-electron chi connectivity index (χ1n) is 3.70. The van der Waals surface area contributed by atoms with E-state index in [1.165, 1.54) is 6.07 Å². The van der Waals surface area contributed by atoms with Crippen LogP contribution in [0.5, 0.6) is 5.75 Å². The normalized spacial score (nSPS) is 10.4. The van der Waals surface area contributed by atoms with Gasteiger partial charge in [-0.15, -0.1) is 0 Å². The van der Waals surface area contributed by atoms with Crippen LogP contribution in [0.2, 0.25) is 0 Å². The Morgan fingerprint density at radius 2 is 2.00 bits per heavy atom. The van der Waals surface area contributed by atoms with Gasteiger partial charge in [0.2, 0.25) is 0 Å². The Labute approximate surface area is 86.8 Å². The lowest BCUT2D eigenvalue weighted by Gasteiger charge is -1.97. The Kier molecular flexibility index (Phi) is 3.39. The largest absolute Gasteiger partial charge is 0.508 e. The molecule has 0 spiro atoms. The van der Waals surface area contributed by atoms with Crippen molar-refractivity contribution in [2.45, 2.75) is 6.42 Å². The van der Waals surface area contributed by atoms with E-state index in [-0.39, 0.29) is 12.2 Å². The zero-order chi connectivity index (χ0) is 10.6. The van der Waals surface area contributed by atoms with Gasteiger partial charge in [-0.1, -0.05) is 24.1 Å². The van der Waals surface area contributed by atoms with Crippen LogP contribution in [-0.4, -0.2) is 13.5 Å². The van der Waals surface area contributed by atoms with E-state index in [1.807, 2.05) is 5.25 Å². The number of benzene rings is 1. The number of para-hydroxylation sites is 1. The quantitative estimate of drug-likeness (QED) is 0.587. The standard InChI is InChI=1S/C9H7ClO3S/c10-14(12,13)7-3-5-8-4-1-2-6-9(8)11/h1-2,4,6,11H,5H2. The summed E-state index contributed by atoms with van der Waals surface area (Å²) in [6.07, 6.45) is 0.151. The zero-order valence-corrected chi connectivity index (χ0v) is 8.64. The van der Waals surface area contributed by atoms with Crippen LogP contribution in [0.1, 0.15) is 5.56 Å². The summed E-state index contributed by atoms with van der Waals surface area (Å²) in [7, 11) is 1.10. The second kappa shape index (κ2) is 4.36. The van der Waals surface area contributed by atoms with Gasteiger partial charge in [0.25, 0.3) is 0 Å². The molecule has 0 aromatic heterocycles. The van der Waals surface area contributed by atoms with Gasteiger partial charge in [-0.2, -0.15) is 8.42 Å². The molecule has 0 saturated heterocycles. The molecule has 1 aromatic rings. The lowest BCUT2D eigenvalue weighted by atomic mass is 10.1. The molecule has 1 rings (SSSR count). The van der Waals surface area contributed by atoms with E-state index < -0.39 is 9.05 Å². The molecular formula is C9H7ClO3S. The highest BCUT2D eigenvalue weighted by Gasteiger charge is 1.98. The van der Waals surface area contributed by atoms with Crippen LogP contribution in [-0.2, 0) is 15.5 Å². The summed E-state index contributed by atoms with van der Waals surface area (Å²) in [6.45, 7) is 0. The van der Waals surface area contributed by atoms with Crippen molar-refractivity contribution in [2.24, 2.45) is 0 Å². The van der Waals surface area contributed by atoms with E-state index in [0.29, 0.717) is 5.56 Å². The molecule has 0 aliphatic rings. The van der Waals surface area contributed by atoms with Crippen molar-refractivity contribution in [1.29, 1.82) is 0 Å². The molecule has 3 nitrogen and oxygen atoms in total. The van der Waals surface area contributed by atoms with Crippen molar-refractivity contribution in [3.8, 4) is 16.9 Å². The first-order valence-corrected chi connectivity index (χ1v) is 6.01. The molecular weight excluding hydrogens is 224 g/mol. The van der Waals surface area contributed by atoms with Gasteiger partial charge in [-0.3, -0.25) is 0 Å². The van der Waals surface area contributed by atoms with Crippen molar-refractivity contribution in [1.82, 2.24) is 0 Å². The van der Waals surface area contributed by atoms with E-state index in [0.717, 1.165) is 0 Å². The Balaban J connectivity index is 2.80. The van der Waals surface area contributed by atoms with Crippen LogP contribution < -0.4 is 0 Å². The van der Waals surface area contributed by atoms with Crippen LogP contribution in [0.3, 0.4) is 0 Å². The lowest BCUT2D eigenvalue weighted by molar-refractivity contribution is 0.470. The van der Waals surface area contributed by atoms with Crippen LogP contribution in [0.4, 0.5) is 0 Å². The molecule has 0 fully saturated rings. The maximum Gasteiger partial charge on any atom is 0.300 e. The summed E-state index contributed by atoms with van der Waals surface area (Å²) in [5.41, 5.74) is 0.570. The van der Waals surface area contributed by atoms with Crippen LogP contribution >= 0.6 is 10.7 Å². The third-order valence-electron chi connectivity index (χ3n) is 1.46. The molecule has 0 unspecified atom stereocenters. The van der Waals surface area contributed by atoms with Gasteiger partial charge in [-0.25, -0.2) is 0 Å². The van der Waals surface area contributed by atoms with Crippen LogP contribution in [0.15, 0.2) is 24.3 Å². The summed E-state index contributed by atoms with van der Waals surface area (Å²) in [5.74, 6) is 2.44. The first kappa shape index (κ1) is 10.9. The SMILES string of the molecule is O=S(=O)(Cl)C#CCc1ccccc1O. The molecule has 0 amide bonds. The van der Waals surface area contributed by atoms with E-state index in [2.05, 4.69) is 5.92 Å². The summed E-state index contributed by atoms with van der Waals surface area (Å²) < 4.78 is 20.9. The molecule has 5 heteroatoms. The average Bonchev–Trinajstić information content (AvgIpc) is 2.06. The summed E-state index contributed by atoms with van der Waals surface area (Å²) in [4.78, 5) is 0. The van der Waals surface area contributed by atoms with E-state index in [9.17, 15) is 13.5 Å². The number of halogens is 1. The molecule has 0 radical (unpaired) electrons. The molecule has 1 N–H and O–H groups in total. The van der Waals surface area contributed by atoms with Crippen LogP contribution in [0.25, 0.3) is 0 Å². The number of phenols is 1. The predicted molar refractivity (Wildman–Crippen MR) is 54.4 cm³/mol. The van der Waals surface area contributed by atoms with Crippen molar-refractivity contribution in [3.63, 3.8) is 0 Å². The van der Waals surface area contributed by atoms with Gasteiger partial charge in [0, 0.05) is 27.9 Å². The fourth-order valence-corrected chi connectivity index (χ4v) is 1.29. The van der Waals surface area contributed by atoms with Crippen molar-refractivity contribution in [3.05, 3.63) is 29.8 Å². The summed E-state index contributed by atoms with van der Waals surface area (Å²) >= 11 is 0. The summed E-state index contributed by atoms with van der Waals surface area (Å²) in [5, 5.41) is 11.2. The molecule has 0 atom stereocenters. The molecule has 0 heterocycles. The van der Waals surface area contributed by atoms with Crippen molar-refractivity contribution >= 4 is 19.7 Å². The third-order valence-corrected chi connectivity index (χ3v) is 2.08. The highest BCUT2D eigenvalue weighted by Crippen LogP contribution is 2.15. The smallest absolute Gasteiger partial charge is 0.300 e. The highest BCUT2D eigenvalue weighted by molar-refractivity contribution is 8.17. The highest BCUT2D eigenvalue weighted by atomic mass is 35.7. The number of hydrogen-bond donors (Lipinski definition) is 1. The first-order chi connectivity index (χ1) is 6.49. The fraction of sp³-hybridized carbons (Fsp3) is 0.111. The van der Waals surface area contributed by atoms with Gasteiger partial charge in [0.15, 0.2) is 0 Å². The number of hydrogen-bond acceptors (Lipinski definition) is 3. The Hall–Kier alpha value is -1.18. The van der Waals surface area contributed by atoms with Gasteiger partial charge in [0.1, 0.15) is 5.75 Å². The molecule has 0 aliphatic carbocycles. The minimum absolute atomic E-state index is 0.0915. The lowest BCUT2D eigenvalue weighted by Crippen LogP contribution is -1.84. The van der Waals surface area contributed by atoms with Gasteiger partial charge in [-0.05, 0) is 6.07 Å². The third kappa shape index (κ3) is 3.69. The number of phenolic OH excluding ortho intramolecular Hbond substituents is 1. The summed E-state index contributed by atoms with van der Waals surface area (Å²) in [6, 6.07) is 6.56. The van der Waals surface area contributed by atoms with E-state index in [4.69, 9.17) is 10.7 Å². The minimum atomic E-state index is -3.78. The van der Waals surface area contributed by atoms with Gasteiger partial charge < -0.3 is 5.11 Å². The van der Waals surface area contributed by atoms with Crippen LogP contribution in [0, 0.1) is 11.2 Å². The average molecular weight is 231 g/mol. The fourth-order valence-electron chi connectivity index (χ4n) is 0.878. The van der Waals surface area contributed by atoms with Crippen molar-refractivity contribution < 1.29 is 13.5 Å². The predicted octanol–water partition coefficient (Wildman–Crippen LogP) is 1.46. The Morgan fingerprint density at radius 3 is 2.57 bits per heavy atom. The molecule has 0 bridgehead atoms.